The lowest BCUT2D eigenvalue weighted by atomic mass is 9.89. The second kappa shape index (κ2) is 14.7. The summed E-state index contributed by atoms with van der Waals surface area (Å²) >= 11 is 3.74. The van der Waals surface area contributed by atoms with Gasteiger partial charge in [0, 0.05) is 74.2 Å². The summed E-state index contributed by atoms with van der Waals surface area (Å²) in [4.78, 5) is 4.94. The minimum Gasteiger partial charge on any atom is -0.310 e. The molecule has 11 aromatic carbocycles. The number of para-hydroxylation sites is 2. The van der Waals surface area contributed by atoms with Gasteiger partial charge >= 0.3 is 0 Å². The smallest absolute Gasteiger partial charge is 0.113 e. The van der Waals surface area contributed by atoms with E-state index in [4.69, 9.17) is 0 Å². The molecule has 0 unspecified atom stereocenters. The van der Waals surface area contributed by atoms with Crippen LogP contribution in [0.4, 0.5) is 34.1 Å². The van der Waals surface area contributed by atoms with Crippen molar-refractivity contribution in [3.05, 3.63) is 218 Å². The van der Waals surface area contributed by atoms with E-state index in [1.807, 2.05) is 22.7 Å². The largest absolute Gasteiger partial charge is 0.310 e. The van der Waals surface area contributed by atoms with Crippen molar-refractivity contribution in [1.82, 2.24) is 0 Å². The summed E-state index contributed by atoms with van der Waals surface area (Å²) < 4.78 is 5.27. The Balaban J connectivity index is 0.986. The third-order valence-corrected chi connectivity index (χ3v) is 20.2. The van der Waals surface area contributed by atoms with Crippen LogP contribution in [0.15, 0.2) is 218 Å². The Hall–Kier alpha value is -7.54. The summed E-state index contributed by atoms with van der Waals surface area (Å²) in [6.07, 6.45) is 0. The molecule has 316 valence electrons. The number of hydrogen-bond acceptors (Lipinski definition) is 4. The van der Waals surface area contributed by atoms with E-state index in [0.29, 0.717) is 0 Å². The monoisotopic (exact) mass is 906 g/mol. The molecule has 1 aliphatic rings. The van der Waals surface area contributed by atoms with Gasteiger partial charge < -0.3 is 9.80 Å². The van der Waals surface area contributed by atoms with E-state index in [2.05, 4.69) is 241 Å². The first kappa shape index (κ1) is 38.7. The average Bonchev–Trinajstić information content (AvgIpc) is 3.94. The number of hydrogen-bond donors (Lipinski definition) is 0. The van der Waals surface area contributed by atoms with Crippen molar-refractivity contribution in [2.24, 2.45) is 0 Å². The minimum atomic E-state index is -2.27. The molecule has 5 heteroatoms. The normalized spacial score (nSPS) is 13.0. The van der Waals surface area contributed by atoms with Crippen LogP contribution in [0.3, 0.4) is 0 Å². The molecule has 67 heavy (non-hydrogen) atoms. The maximum Gasteiger partial charge on any atom is 0.113 e. The van der Waals surface area contributed by atoms with E-state index in [1.165, 1.54) is 111 Å². The molecule has 0 fully saturated rings. The second-order valence-electron chi connectivity index (χ2n) is 18.4. The molecule has 0 saturated carbocycles. The van der Waals surface area contributed by atoms with Gasteiger partial charge in [-0.2, -0.15) is 0 Å². The molecule has 0 aliphatic carbocycles. The Labute approximate surface area is 397 Å². The fourth-order valence-corrected chi connectivity index (χ4v) is 16.5. The van der Waals surface area contributed by atoms with Gasteiger partial charge in [-0.15, -0.1) is 22.7 Å². The van der Waals surface area contributed by atoms with Gasteiger partial charge in [-0.05, 0) is 145 Å². The number of benzene rings is 11. The van der Waals surface area contributed by atoms with Gasteiger partial charge in [0.25, 0.3) is 0 Å². The fraction of sp³-hybridized carbons (Fsp3) is 0.0323. The van der Waals surface area contributed by atoms with Crippen molar-refractivity contribution in [3.8, 4) is 11.1 Å². The quantitative estimate of drug-likeness (QED) is 0.121. The van der Waals surface area contributed by atoms with Crippen LogP contribution in [0, 0.1) is 0 Å². The van der Waals surface area contributed by atoms with Crippen LogP contribution in [0.5, 0.6) is 0 Å². The van der Waals surface area contributed by atoms with Gasteiger partial charge in [0.1, 0.15) is 8.07 Å². The topological polar surface area (TPSA) is 6.48 Å². The summed E-state index contributed by atoms with van der Waals surface area (Å²) in [6, 6.07) is 81.9. The Morgan fingerprint density at radius 2 is 0.791 bits per heavy atom. The van der Waals surface area contributed by atoms with Gasteiger partial charge in [-0.3, -0.25) is 0 Å². The first-order chi connectivity index (χ1) is 33.0. The summed E-state index contributed by atoms with van der Waals surface area (Å²) in [7, 11) is -2.27. The van der Waals surface area contributed by atoms with E-state index >= 15 is 0 Å². The van der Waals surface area contributed by atoms with Crippen LogP contribution in [-0.4, -0.2) is 8.07 Å². The predicted molar refractivity (Wildman–Crippen MR) is 296 cm³/mol. The number of rotatable bonds is 6. The van der Waals surface area contributed by atoms with E-state index in [1.54, 1.807) is 0 Å². The lowest BCUT2D eigenvalue weighted by Crippen LogP contribution is -2.56. The highest BCUT2D eigenvalue weighted by atomic mass is 32.1. The molecule has 0 atom stereocenters. The maximum absolute atomic E-state index is 2.56. The van der Waals surface area contributed by atoms with Crippen LogP contribution in [-0.2, 0) is 0 Å². The highest BCUT2D eigenvalue weighted by Gasteiger charge is 2.37. The zero-order valence-electron chi connectivity index (χ0n) is 37.0. The third-order valence-electron chi connectivity index (χ3n) is 14.4. The molecule has 1 aliphatic heterocycles. The summed E-state index contributed by atoms with van der Waals surface area (Å²) in [6.45, 7) is 5.11. The summed E-state index contributed by atoms with van der Waals surface area (Å²) in [5.74, 6) is 0. The zero-order chi connectivity index (χ0) is 44.4. The highest BCUT2D eigenvalue weighted by molar-refractivity contribution is 7.26. The first-order valence-corrected chi connectivity index (χ1v) is 27.7. The SMILES string of the molecule is C[Si]1(C)c2cc(N(c3ccccc3)c3ccc4sc5ccccc5c4c3)ccc2-c2cc3c4ccccc4c(N(c4ccccc4)c4ccc5sc6ccccc6c5c4)cc3c3cccc1c23. The van der Waals surface area contributed by atoms with E-state index < -0.39 is 8.07 Å². The zero-order valence-corrected chi connectivity index (χ0v) is 39.6. The van der Waals surface area contributed by atoms with Crippen LogP contribution >= 0.6 is 22.7 Å². The molecule has 3 heterocycles. The molecule has 0 spiro atoms. The Morgan fingerprint density at radius 1 is 0.299 bits per heavy atom. The van der Waals surface area contributed by atoms with E-state index in [-0.39, 0.29) is 0 Å². The van der Waals surface area contributed by atoms with Crippen molar-refractivity contribution < 1.29 is 0 Å². The Kier molecular flexibility index (Phi) is 8.51. The lowest BCUT2D eigenvalue weighted by Gasteiger charge is -2.36. The van der Waals surface area contributed by atoms with Crippen molar-refractivity contribution in [2.75, 3.05) is 9.80 Å². The Morgan fingerprint density at radius 3 is 1.45 bits per heavy atom. The molecule has 14 rings (SSSR count). The van der Waals surface area contributed by atoms with E-state index in [0.717, 1.165) is 17.1 Å². The molecular weight excluding hydrogens is 865 g/mol. The van der Waals surface area contributed by atoms with Crippen LogP contribution in [0.1, 0.15) is 0 Å². The number of nitrogens with zero attached hydrogens (tertiary/aromatic N) is 2. The average molecular weight is 907 g/mol. The highest BCUT2D eigenvalue weighted by Crippen LogP contribution is 2.48. The van der Waals surface area contributed by atoms with Crippen LogP contribution < -0.4 is 20.2 Å². The van der Waals surface area contributed by atoms with Gasteiger partial charge in [0.2, 0.25) is 0 Å². The molecule has 2 nitrogen and oxygen atoms in total. The third kappa shape index (κ3) is 5.85. The van der Waals surface area contributed by atoms with E-state index in [9.17, 15) is 0 Å². The van der Waals surface area contributed by atoms with Crippen molar-refractivity contribution >= 4 is 148 Å². The van der Waals surface area contributed by atoms with Gasteiger partial charge in [-0.25, -0.2) is 0 Å². The molecule has 0 saturated heterocycles. The molecule has 2 aromatic heterocycles. The molecule has 0 amide bonds. The first-order valence-electron chi connectivity index (χ1n) is 23.1. The molecule has 0 N–H and O–H groups in total. The molecule has 0 bridgehead atoms. The predicted octanol–water partition coefficient (Wildman–Crippen LogP) is 17.6. The van der Waals surface area contributed by atoms with Crippen molar-refractivity contribution in [3.63, 3.8) is 0 Å². The number of thiophene rings is 2. The second-order valence-corrected chi connectivity index (χ2v) is 24.9. The maximum atomic E-state index is 2.56. The van der Waals surface area contributed by atoms with Crippen molar-refractivity contribution in [2.45, 2.75) is 13.1 Å². The van der Waals surface area contributed by atoms with Crippen LogP contribution in [0.2, 0.25) is 13.1 Å². The number of fused-ring (bicyclic) bond motifs is 12. The fourth-order valence-electron chi connectivity index (χ4n) is 11.3. The molecule has 13 aromatic rings. The Bertz CT molecular complexity index is 4150. The summed E-state index contributed by atoms with van der Waals surface area (Å²) in [5.41, 5.74) is 9.67. The minimum absolute atomic E-state index is 1.14. The van der Waals surface area contributed by atoms with Gasteiger partial charge in [0.05, 0.1) is 5.69 Å². The number of anilines is 6. The van der Waals surface area contributed by atoms with Gasteiger partial charge in [-0.1, -0.05) is 134 Å². The lowest BCUT2D eigenvalue weighted by molar-refractivity contribution is 1.29. The van der Waals surface area contributed by atoms with Gasteiger partial charge in [0.15, 0.2) is 0 Å². The summed E-state index contributed by atoms with van der Waals surface area (Å²) in [5, 5.41) is 16.0. The van der Waals surface area contributed by atoms with Crippen molar-refractivity contribution in [1.29, 1.82) is 0 Å². The molecular formula is C62H42N2S2Si. The van der Waals surface area contributed by atoms with Crippen LogP contribution in [0.25, 0.3) is 83.8 Å². The molecule has 0 radical (unpaired) electrons. The standard InChI is InChI=1S/C62H42N2S2Si/c1-67(2)60-27-15-24-49-51-38-55(64(40-18-7-4-8-19-40)42-30-33-59-53(35-42)47-23-12-14-26-57(47)66-59)45-21-10-9-20-44(45)50(51)37-54(62(49)60)48-31-28-43(36-61(48)67)63(39-16-5-3-6-17-39)41-29-32-58-52(34-41)46-22-11-13-25-56(46)65-58/h3-38H,1-2H3.